The van der Waals surface area contributed by atoms with E-state index in [-0.39, 0.29) is 23.9 Å². The molecule has 0 radical (unpaired) electrons. The molecule has 2 aliphatic rings. The summed E-state index contributed by atoms with van der Waals surface area (Å²) in [4.78, 5) is 42.8. The molecule has 3 aromatic carbocycles. The summed E-state index contributed by atoms with van der Waals surface area (Å²) < 4.78 is 19.7. The van der Waals surface area contributed by atoms with Gasteiger partial charge in [-0.2, -0.15) is 0 Å². The van der Waals surface area contributed by atoms with E-state index in [0.717, 1.165) is 23.1 Å². The smallest absolute Gasteiger partial charge is 0.407 e. The zero-order chi connectivity index (χ0) is 34.7. The predicted octanol–water partition coefficient (Wildman–Crippen LogP) is 6.62. The highest BCUT2D eigenvalue weighted by Gasteiger charge is 2.34. The number of amides is 2. The molecule has 0 saturated carbocycles. The van der Waals surface area contributed by atoms with E-state index in [4.69, 9.17) is 9.57 Å². The van der Waals surface area contributed by atoms with E-state index in [1.807, 2.05) is 55.1 Å². The average molecular weight is 668 g/mol. The molecule has 3 atom stereocenters. The zero-order valence-electron chi connectivity index (χ0n) is 27.5. The van der Waals surface area contributed by atoms with E-state index < -0.39 is 12.0 Å². The molecule has 0 aliphatic carbocycles. The summed E-state index contributed by atoms with van der Waals surface area (Å²) in [5.74, 6) is 0.783. The summed E-state index contributed by atoms with van der Waals surface area (Å²) in [5, 5.41) is 17.7. The van der Waals surface area contributed by atoms with Crippen molar-refractivity contribution in [2.24, 2.45) is 0 Å². The third-order valence-corrected chi connectivity index (χ3v) is 8.72. The third kappa shape index (κ3) is 7.11. The lowest BCUT2D eigenvalue weighted by atomic mass is 9.98. The number of carboxylic acid groups (broad SMARTS) is 1. The largest absolute Gasteiger partial charge is 0.494 e. The quantitative estimate of drug-likeness (QED) is 0.167. The molecule has 2 fully saturated rings. The van der Waals surface area contributed by atoms with Gasteiger partial charge in [0.25, 0.3) is 0 Å². The fraction of sp³-hybridized carbons (Fsp3) is 0.278. The number of anilines is 5. The third-order valence-electron chi connectivity index (χ3n) is 8.72. The second-order valence-corrected chi connectivity index (χ2v) is 12.0. The summed E-state index contributed by atoms with van der Waals surface area (Å²) in [6, 6.07) is 19.1. The molecule has 2 saturated heterocycles. The van der Waals surface area contributed by atoms with Crippen LogP contribution < -0.4 is 25.3 Å². The van der Waals surface area contributed by atoms with Crippen molar-refractivity contribution >= 4 is 40.7 Å². The Bertz CT molecular complexity index is 1860. The number of rotatable bonds is 9. The standard InChI is InChI=1S/C36H38FN7O5/c1-5-35(45)41-28-16-29(32(48-4)17-31(28)42-19-22(2)43(36(46)47)23(3)20-42)40-33-18-34(39-21-38-33)44-30(12-13-49-44)26-10-6-8-24(14-26)25-9-7-11-27(37)15-25/h5-11,14-18,21-23,30H,1,12-13,19-20H2,2-4H3,(H,41,45)(H,46,47)(H,38,39,40)/t22-,23+,30-/m1/s1. The number of carbonyl (C=O) groups is 2. The number of hydrogen-bond donors (Lipinski definition) is 3. The van der Waals surface area contributed by atoms with Crippen molar-refractivity contribution in [1.29, 1.82) is 0 Å². The van der Waals surface area contributed by atoms with Crippen LogP contribution in [0.3, 0.4) is 0 Å². The second-order valence-electron chi connectivity index (χ2n) is 12.0. The molecule has 3 N–H and O–H groups in total. The van der Waals surface area contributed by atoms with Crippen LogP contribution in [0.15, 0.2) is 85.7 Å². The SMILES string of the molecule is C=CC(=O)Nc1cc(Nc2cc(N3OCC[C@@H]3c3cccc(-c4cccc(F)c4)c3)ncn2)c(OC)cc1N1C[C@@H](C)N(C(=O)O)[C@@H](C)C1. The minimum atomic E-state index is -0.968. The predicted molar refractivity (Wildman–Crippen MR) is 186 cm³/mol. The molecule has 13 heteroatoms. The van der Waals surface area contributed by atoms with Crippen molar-refractivity contribution in [2.75, 3.05) is 47.4 Å². The van der Waals surface area contributed by atoms with Gasteiger partial charge in [0.05, 0.1) is 48.9 Å². The number of ether oxygens (including phenoxy) is 1. The van der Waals surface area contributed by atoms with Gasteiger partial charge in [0.1, 0.15) is 23.7 Å². The topological polar surface area (TPSA) is 132 Å². The van der Waals surface area contributed by atoms with Crippen LogP contribution in [-0.4, -0.2) is 70.9 Å². The molecule has 3 heterocycles. The summed E-state index contributed by atoms with van der Waals surface area (Å²) in [7, 11) is 1.55. The normalized spacial score (nSPS) is 19.0. The first-order chi connectivity index (χ1) is 23.6. The molecule has 1 aromatic heterocycles. The van der Waals surface area contributed by atoms with Crippen LogP contribution in [0.25, 0.3) is 11.1 Å². The van der Waals surface area contributed by atoms with Crippen LogP contribution >= 0.6 is 0 Å². The first kappa shape index (κ1) is 33.2. The minimum absolute atomic E-state index is 0.142. The number of halogens is 1. The molecule has 12 nitrogen and oxygen atoms in total. The molecule has 6 rings (SSSR count). The Balaban J connectivity index is 1.28. The maximum Gasteiger partial charge on any atom is 0.407 e. The van der Waals surface area contributed by atoms with Crippen molar-refractivity contribution in [3.63, 3.8) is 0 Å². The monoisotopic (exact) mass is 667 g/mol. The van der Waals surface area contributed by atoms with Gasteiger partial charge in [-0.1, -0.05) is 36.9 Å². The van der Waals surface area contributed by atoms with Crippen molar-refractivity contribution in [1.82, 2.24) is 14.9 Å². The molecule has 0 spiro atoms. The molecule has 254 valence electrons. The highest BCUT2D eigenvalue weighted by Crippen LogP contribution is 2.41. The number of piperazine rings is 1. The van der Waals surface area contributed by atoms with Gasteiger partial charge in [-0.3, -0.25) is 14.5 Å². The number of nitrogens with one attached hydrogen (secondary N) is 2. The van der Waals surface area contributed by atoms with E-state index in [9.17, 15) is 19.1 Å². The Morgan fingerprint density at radius 3 is 2.45 bits per heavy atom. The number of nitrogens with zero attached hydrogens (tertiary/aromatic N) is 5. The first-order valence-electron chi connectivity index (χ1n) is 15.9. The molecule has 4 aromatic rings. The lowest BCUT2D eigenvalue weighted by Crippen LogP contribution is -2.58. The molecule has 0 unspecified atom stereocenters. The number of aromatic nitrogens is 2. The van der Waals surface area contributed by atoms with E-state index in [1.54, 1.807) is 30.4 Å². The van der Waals surface area contributed by atoms with Crippen LogP contribution in [0.4, 0.5) is 37.9 Å². The van der Waals surface area contributed by atoms with Gasteiger partial charge in [-0.15, -0.1) is 0 Å². The van der Waals surface area contributed by atoms with Crippen LogP contribution in [0.2, 0.25) is 0 Å². The van der Waals surface area contributed by atoms with Gasteiger partial charge < -0.3 is 25.4 Å². The Labute approximate surface area is 283 Å². The summed E-state index contributed by atoms with van der Waals surface area (Å²) in [6.45, 7) is 8.62. The van der Waals surface area contributed by atoms with Gasteiger partial charge in [0.2, 0.25) is 5.91 Å². The molecule has 0 bridgehead atoms. The molecular formula is C36H38FN7O5. The number of carbonyl (C=O) groups excluding carboxylic acids is 1. The second kappa shape index (κ2) is 14.2. The minimum Gasteiger partial charge on any atom is -0.494 e. The summed E-state index contributed by atoms with van der Waals surface area (Å²) in [6.07, 6.45) is 2.38. The van der Waals surface area contributed by atoms with E-state index in [0.29, 0.717) is 54.1 Å². The number of hydroxylamine groups is 1. The fourth-order valence-electron chi connectivity index (χ4n) is 6.54. The van der Waals surface area contributed by atoms with Crippen molar-refractivity contribution < 1.29 is 28.7 Å². The number of methoxy groups -OCH3 is 1. The number of hydrogen-bond acceptors (Lipinski definition) is 9. The summed E-state index contributed by atoms with van der Waals surface area (Å²) in [5.41, 5.74) is 4.39. The fourth-order valence-corrected chi connectivity index (χ4v) is 6.54. The lowest BCUT2D eigenvalue weighted by molar-refractivity contribution is -0.111. The molecule has 2 amide bonds. The van der Waals surface area contributed by atoms with E-state index in [2.05, 4.69) is 27.2 Å². The van der Waals surface area contributed by atoms with Gasteiger partial charge in [0.15, 0.2) is 5.82 Å². The Kier molecular flexibility index (Phi) is 9.63. The number of benzene rings is 3. The van der Waals surface area contributed by atoms with E-state index >= 15 is 0 Å². The van der Waals surface area contributed by atoms with Crippen molar-refractivity contribution in [2.45, 2.75) is 38.4 Å². The Hall–Kier alpha value is -5.69. The van der Waals surface area contributed by atoms with Crippen LogP contribution in [0.1, 0.15) is 31.9 Å². The molecule has 49 heavy (non-hydrogen) atoms. The summed E-state index contributed by atoms with van der Waals surface area (Å²) >= 11 is 0. The zero-order valence-corrected chi connectivity index (χ0v) is 27.5. The highest BCUT2D eigenvalue weighted by atomic mass is 19.1. The maximum absolute atomic E-state index is 13.9. The van der Waals surface area contributed by atoms with E-state index in [1.165, 1.54) is 29.4 Å². The maximum atomic E-state index is 13.9. The highest BCUT2D eigenvalue weighted by molar-refractivity contribution is 6.02. The lowest BCUT2D eigenvalue weighted by Gasteiger charge is -2.44. The van der Waals surface area contributed by atoms with Gasteiger partial charge >= 0.3 is 6.09 Å². The Morgan fingerprint density at radius 1 is 1.02 bits per heavy atom. The Morgan fingerprint density at radius 2 is 1.76 bits per heavy atom. The van der Waals surface area contributed by atoms with Gasteiger partial charge in [0, 0.05) is 31.6 Å². The van der Waals surface area contributed by atoms with Crippen LogP contribution in [0.5, 0.6) is 5.75 Å². The molecule has 2 aliphatic heterocycles. The average Bonchev–Trinajstić information content (AvgIpc) is 3.58. The van der Waals surface area contributed by atoms with Gasteiger partial charge in [-0.25, -0.2) is 24.2 Å². The van der Waals surface area contributed by atoms with Crippen molar-refractivity contribution in [3.8, 4) is 16.9 Å². The van der Waals surface area contributed by atoms with Crippen LogP contribution in [0, 0.1) is 5.82 Å². The van der Waals surface area contributed by atoms with Crippen molar-refractivity contribution in [3.05, 3.63) is 97.1 Å². The van der Waals surface area contributed by atoms with Crippen LogP contribution in [-0.2, 0) is 9.63 Å². The van der Waals surface area contributed by atoms with Gasteiger partial charge in [-0.05, 0) is 60.9 Å². The molecular weight excluding hydrogens is 629 g/mol. The first-order valence-corrected chi connectivity index (χ1v) is 15.9.